The summed E-state index contributed by atoms with van der Waals surface area (Å²) in [6.45, 7) is 2.51. The highest BCUT2D eigenvalue weighted by Gasteiger charge is 2.52. The fourth-order valence-corrected chi connectivity index (χ4v) is 6.57. The van der Waals surface area contributed by atoms with Crippen molar-refractivity contribution in [3.63, 3.8) is 0 Å². The summed E-state index contributed by atoms with van der Waals surface area (Å²) in [7, 11) is -0.632. The van der Waals surface area contributed by atoms with Crippen LogP contribution < -0.4 is 10.9 Å². The molecule has 168 valence electrons. The minimum absolute atomic E-state index is 0.316. The molecule has 2 fully saturated rings. The van der Waals surface area contributed by atoms with E-state index in [0.717, 1.165) is 10.9 Å². The molecule has 0 bridgehead atoms. The van der Waals surface area contributed by atoms with Crippen LogP contribution in [-0.2, 0) is 24.0 Å². The van der Waals surface area contributed by atoms with E-state index in [-0.39, 0.29) is 14.2 Å². The van der Waals surface area contributed by atoms with Gasteiger partial charge in [0.1, 0.15) is 0 Å². The molecule has 35 heavy (non-hydrogen) atoms. The molecule has 1 spiro atoms. The van der Waals surface area contributed by atoms with Gasteiger partial charge in [-0.3, -0.25) is 0 Å². The average Bonchev–Trinajstić information content (AvgIpc) is 3.71. The standard InChI is InChI=1S/C29H22B2O4/c1-3-7-25-21(5-1)22-6-2-4-8-26(22)29(25)27-17-19(30-32-13-14-33-30)9-11-23(27)24-12-10-20(18-28(24)29)31-34-15-16-35-31/h1-12,17-18H,13-16H2. The van der Waals surface area contributed by atoms with Crippen molar-refractivity contribution in [3.05, 3.63) is 107 Å². The lowest BCUT2D eigenvalue weighted by atomic mass is 9.67. The summed E-state index contributed by atoms with van der Waals surface area (Å²) in [6.07, 6.45) is 0. The van der Waals surface area contributed by atoms with Crippen molar-refractivity contribution >= 4 is 25.2 Å². The third kappa shape index (κ3) is 2.63. The summed E-state index contributed by atoms with van der Waals surface area (Å²) >= 11 is 0. The molecule has 2 aliphatic carbocycles. The van der Waals surface area contributed by atoms with E-state index >= 15 is 0 Å². The number of hydrogen-bond acceptors (Lipinski definition) is 4. The molecule has 2 aliphatic heterocycles. The molecule has 4 aromatic carbocycles. The Morgan fingerprint density at radius 2 is 0.857 bits per heavy atom. The molecule has 0 atom stereocenters. The monoisotopic (exact) mass is 456 g/mol. The molecule has 4 nitrogen and oxygen atoms in total. The van der Waals surface area contributed by atoms with Crippen LogP contribution in [0.1, 0.15) is 22.3 Å². The van der Waals surface area contributed by atoms with E-state index in [4.69, 9.17) is 18.6 Å². The highest BCUT2D eigenvalue weighted by molar-refractivity contribution is 6.62. The zero-order valence-electron chi connectivity index (χ0n) is 19.2. The Morgan fingerprint density at radius 3 is 1.31 bits per heavy atom. The topological polar surface area (TPSA) is 36.9 Å². The SMILES string of the molecule is c1ccc2c(c1)-c1ccccc1C21c2cc(B3OCCO3)ccc2-c2ccc(B3OCCO3)cc21. The first-order chi connectivity index (χ1) is 17.4. The summed E-state index contributed by atoms with van der Waals surface area (Å²) < 4.78 is 23.6. The van der Waals surface area contributed by atoms with Gasteiger partial charge < -0.3 is 18.6 Å². The highest BCUT2D eigenvalue weighted by atomic mass is 16.6. The van der Waals surface area contributed by atoms with E-state index in [0.29, 0.717) is 26.4 Å². The van der Waals surface area contributed by atoms with Crippen LogP contribution in [0, 0.1) is 0 Å². The van der Waals surface area contributed by atoms with Crippen molar-refractivity contribution < 1.29 is 18.6 Å². The number of rotatable bonds is 2. The first kappa shape index (κ1) is 20.1. The fourth-order valence-electron chi connectivity index (χ4n) is 6.57. The maximum Gasteiger partial charge on any atom is 0.494 e. The maximum absolute atomic E-state index is 5.90. The largest absolute Gasteiger partial charge is 0.494 e. The highest BCUT2D eigenvalue weighted by Crippen LogP contribution is 2.62. The van der Waals surface area contributed by atoms with E-state index < -0.39 is 5.41 Å². The van der Waals surface area contributed by atoms with Crippen LogP contribution in [-0.4, -0.2) is 40.7 Å². The van der Waals surface area contributed by atoms with Gasteiger partial charge in [-0.25, -0.2) is 0 Å². The predicted octanol–water partition coefficient (Wildman–Crippen LogP) is 3.51. The molecule has 4 aromatic rings. The van der Waals surface area contributed by atoms with Crippen molar-refractivity contribution in [2.45, 2.75) is 5.41 Å². The molecule has 0 N–H and O–H groups in total. The third-order valence-electron chi connectivity index (χ3n) is 7.93. The van der Waals surface area contributed by atoms with Crippen LogP contribution in [0.4, 0.5) is 0 Å². The predicted molar refractivity (Wildman–Crippen MR) is 137 cm³/mol. The van der Waals surface area contributed by atoms with E-state index in [1.54, 1.807) is 0 Å². The van der Waals surface area contributed by atoms with E-state index in [2.05, 4.69) is 84.9 Å². The minimum Gasteiger partial charge on any atom is -0.405 e. The Hall–Kier alpha value is -3.15. The summed E-state index contributed by atoms with van der Waals surface area (Å²) in [4.78, 5) is 0. The van der Waals surface area contributed by atoms with Crippen LogP contribution in [0.5, 0.6) is 0 Å². The molecular weight excluding hydrogens is 434 g/mol. The molecule has 0 radical (unpaired) electrons. The summed E-state index contributed by atoms with van der Waals surface area (Å²) in [5.74, 6) is 0. The number of fused-ring (bicyclic) bond motifs is 10. The van der Waals surface area contributed by atoms with Crippen LogP contribution in [0.15, 0.2) is 84.9 Å². The fraction of sp³-hybridized carbons (Fsp3) is 0.172. The van der Waals surface area contributed by atoms with Crippen molar-refractivity contribution in [3.8, 4) is 22.3 Å². The van der Waals surface area contributed by atoms with Gasteiger partial charge in [-0.05, 0) is 55.4 Å². The van der Waals surface area contributed by atoms with Crippen LogP contribution in [0.3, 0.4) is 0 Å². The first-order valence-electron chi connectivity index (χ1n) is 12.3. The van der Waals surface area contributed by atoms with E-state index in [9.17, 15) is 0 Å². The lowest BCUT2D eigenvalue weighted by Crippen LogP contribution is -2.35. The quantitative estimate of drug-likeness (QED) is 0.374. The summed E-state index contributed by atoms with van der Waals surface area (Å²) in [5.41, 5.74) is 12.0. The van der Waals surface area contributed by atoms with Gasteiger partial charge in [0.15, 0.2) is 0 Å². The van der Waals surface area contributed by atoms with E-state index in [1.807, 2.05) is 0 Å². The zero-order valence-corrected chi connectivity index (χ0v) is 19.2. The smallest absolute Gasteiger partial charge is 0.405 e. The Morgan fingerprint density at radius 1 is 0.457 bits per heavy atom. The van der Waals surface area contributed by atoms with Gasteiger partial charge in [-0.15, -0.1) is 0 Å². The maximum atomic E-state index is 5.90. The van der Waals surface area contributed by atoms with Crippen molar-refractivity contribution in [2.75, 3.05) is 26.4 Å². The zero-order chi connectivity index (χ0) is 23.0. The van der Waals surface area contributed by atoms with Gasteiger partial charge in [0.25, 0.3) is 0 Å². The molecule has 4 aliphatic rings. The van der Waals surface area contributed by atoms with Gasteiger partial charge >= 0.3 is 14.2 Å². The lowest BCUT2D eigenvalue weighted by molar-refractivity contribution is 0.365. The summed E-state index contributed by atoms with van der Waals surface area (Å²) in [6, 6.07) is 31.1. The van der Waals surface area contributed by atoms with Gasteiger partial charge in [-0.2, -0.15) is 0 Å². The average molecular weight is 456 g/mol. The molecule has 2 saturated heterocycles. The van der Waals surface area contributed by atoms with Gasteiger partial charge in [0, 0.05) is 0 Å². The molecule has 6 heteroatoms. The summed E-state index contributed by atoms with van der Waals surface area (Å²) in [5, 5.41) is 0. The van der Waals surface area contributed by atoms with Crippen molar-refractivity contribution in [2.24, 2.45) is 0 Å². The normalized spacial score (nSPS) is 18.6. The second kappa shape index (κ2) is 7.42. The molecule has 0 aromatic heterocycles. The molecular formula is C29H22B2O4. The second-order valence-corrected chi connectivity index (χ2v) is 9.60. The van der Waals surface area contributed by atoms with Crippen LogP contribution in [0.2, 0.25) is 0 Å². The Bertz CT molecular complexity index is 1380. The van der Waals surface area contributed by atoms with Crippen molar-refractivity contribution in [1.29, 1.82) is 0 Å². The van der Waals surface area contributed by atoms with Gasteiger partial charge in [-0.1, -0.05) is 84.9 Å². The molecule has 0 unspecified atom stereocenters. The molecule has 0 saturated carbocycles. The minimum atomic E-state index is -0.416. The molecule has 0 amide bonds. The van der Waals surface area contributed by atoms with Gasteiger partial charge in [0.2, 0.25) is 0 Å². The van der Waals surface area contributed by atoms with Gasteiger partial charge in [0.05, 0.1) is 31.8 Å². The first-order valence-corrected chi connectivity index (χ1v) is 12.3. The third-order valence-corrected chi connectivity index (χ3v) is 7.93. The number of hydrogen-bond donors (Lipinski definition) is 0. The van der Waals surface area contributed by atoms with Crippen LogP contribution in [0.25, 0.3) is 22.3 Å². The molecule has 2 heterocycles. The Kier molecular flexibility index (Phi) is 4.26. The van der Waals surface area contributed by atoms with Crippen molar-refractivity contribution in [1.82, 2.24) is 0 Å². The lowest BCUT2D eigenvalue weighted by Gasteiger charge is -2.31. The van der Waals surface area contributed by atoms with E-state index in [1.165, 1.54) is 44.5 Å². The number of benzene rings is 4. The Labute approximate surface area is 205 Å². The molecule has 8 rings (SSSR count). The second-order valence-electron chi connectivity index (χ2n) is 9.60. The Balaban J connectivity index is 1.46. The van der Waals surface area contributed by atoms with Crippen LogP contribution >= 0.6 is 0 Å².